The lowest BCUT2D eigenvalue weighted by Gasteiger charge is -2.08. The van der Waals surface area contributed by atoms with Gasteiger partial charge in [0.1, 0.15) is 20.8 Å². The second-order valence-electron chi connectivity index (χ2n) is 6.00. The predicted octanol–water partition coefficient (Wildman–Crippen LogP) is 4.68. The first-order chi connectivity index (χ1) is 12.2. The molecule has 0 aliphatic rings. The van der Waals surface area contributed by atoms with Crippen LogP contribution in [0, 0.1) is 0 Å². The SMILES string of the molecule is CS(=O)(=O)C[C@H](N)Cc1sc2c(NCc3ccco3)cc(Cl)nc2c1Br.Cl.Cl. The lowest BCUT2D eigenvalue weighted by molar-refractivity contribution is 0.518. The summed E-state index contributed by atoms with van der Waals surface area (Å²) in [4.78, 5) is 5.33. The first kappa shape index (κ1) is 25.5. The van der Waals surface area contributed by atoms with Gasteiger partial charge in [-0.3, -0.25) is 0 Å². The minimum atomic E-state index is -3.13. The van der Waals surface area contributed by atoms with Crippen molar-refractivity contribution in [3.05, 3.63) is 44.7 Å². The number of nitrogens with one attached hydrogen (secondary N) is 1. The van der Waals surface area contributed by atoms with E-state index in [1.807, 2.05) is 12.1 Å². The van der Waals surface area contributed by atoms with Crippen LogP contribution in [0.2, 0.25) is 5.15 Å². The third-order valence-electron chi connectivity index (χ3n) is 3.62. The van der Waals surface area contributed by atoms with Gasteiger partial charge in [0, 0.05) is 23.2 Å². The molecule has 28 heavy (non-hydrogen) atoms. The Labute approximate surface area is 193 Å². The molecule has 12 heteroatoms. The molecule has 0 spiro atoms. The van der Waals surface area contributed by atoms with E-state index >= 15 is 0 Å². The van der Waals surface area contributed by atoms with Crippen LogP contribution in [0.15, 0.2) is 33.4 Å². The Morgan fingerprint density at radius 3 is 2.75 bits per heavy atom. The van der Waals surface area contributed by atoms with Crippen LogP contribution in [0.3, 0.4) is 0 Å². The summed E-state index contributed by atoms with van der Waals surface area (Å²) in [6, 6.07) is 4.99. The largest absolute Gasteiger partial charge is 0.467 e. The van der Waals surface area contributed by atoms with Gasteiger partial charge >= 0.3 is 0 Å². The average Bonchev–Trinajstić information content (AvgIpc) is 3.13. The molecular formula is C16H19BrCl3N3O3S2. The van der Waals surface area contributed by atoms with Crippen LogP contribution >= 0.6 is 63.7 Å². The minimum absolute atomic E-state index is 0. The molecule has 0 aliphatic carbocycles. The molecule has 3 rings (SSSR count). The molecule has 6 nitrogen and oxygen atoms in total. The number of fused-ring (bicyclic) bond motifs is 1. The molecule has 0 aliphatic heterocycles. The Hall–Kier alpha value is -0.550. The highest BCUT2D eigenvalue weighted by Crippen LogP contribution is 2.40. The molecular weight excluding hydrogens is 533 g/mol. The molecule has 0 fully saturated rings. The molecule has 0 unspecified atom stereocenters. The van der Waals surface area contributed by atoms with Crippen molar-refractivity contribution in [3.63, 3.8) is 0 Å². The average molecular weight is 552 g/mol. The van der Waals surface area contributed by atoms with Gasteiger partial charge in [-0.2, -0.15) is 0 Å². The fourth-order valence-corrected chi connectivity index (χ4v) is 5.73. The Morgan fingerprint density at radius 1 is 1.43 bits per heavy atom. The van der Waals surface area contributed by atoms with Gasteiger partial charge in [-0.15, -0.1) is 36.2 Å². The monoisotopic (exact) mass is 549 g/mol. The van der Waals surface area contributed by atoms with Crippen molar-refractivity contribution in [2.75, 3.05) is 17.3 Å². The second kappa shape index (κ2) is 10.5. The molecule has 0 bridgehead atoms. The number of furan rings is 1. The van der Waals surface area contributed by atoms with Crippen LogP contribution in [-0.4, -0.2) is 31.5 Å². The standard InChI is InChI=1S/C16H17BrClN3O3S2.2ClH/c1-26(22,23)8-9(19)5-12-14(17)15-16(25-12)11(6-13(18)21-15)20-7-10-3-2-4-24-10;;/h2-4,6,9H,5,7-8,19H2,1H3,(H,20,21);2*1H/t9-;;/m1../s1. The summed E-state index contributed by atoms with van der Waals surface area (Å²) in [5.41, 5.74) is 7.57. The summed E-state index contributed by atoms with van der Waals surface area (Å²) in [5, 5.41) is 3.67. The number of rotatable bonds is 7. The van der Waals surface area contributed by atoms with Gasteiger partial charge in [-0.25, -0.2) is 13.4 Å². The Kier molecular flexibility index (Phi) is 9.53. The third kappa shape index (κ3) is 6.48. The van der Waals surface area contributed by atoms with Crippen molar-refractivity contribution < 1.29 is 12.8 Å². The zero-order chi connectivity index (χ0) is 18.9. The second-order valence-corrected chi connectivity index (χ2v) is 10.5. The first-order valence-corrected chi connectivity index (χ1v) is 11.7. The van der Waals surface area contributed by atoms with E-state index < -0.39 is 15.9 Å². The Bertz CT molecular complexity index is 1030. The molecule has 0 saturated heterocycles. The van der Waals surface area contributed by atoms with E-state index in [0.29, 0.717) is 18.1 Å². The number of hydrogen-bond donors (Lipinski definition) is 2. The van der Waals surface area contributed by atoms with Crippen molar-refractivity contribution in [2.45, 2.75) is 19.0 Å². The van der Waals surface area contributed by atoms with Crippen LogP contribution in [0.25, 0.3) is 10.2 Å². The maximum atomic E-state index is 11.4. The zero-order valence-corrected chi connectivity index (χ0v) is 20.3. The van der Waals surface area contributed by atoms with Crippen LogP contribution < -0.4 is 11.1 Å². The van der Waals surface area contributed by atoms with Gasteiger partial charge < -0.3 is 15.5 Å². The van der Waals surface area contributed by atoms with Gasteiger partial charge in [-0.1, -0.05) is 11.6 Å². The maximum Gasteiger partial charge on any atom is 0.148 e. The number of nitrogens with two attached hydrogens (primary N) is 1. The summed E-state index contributed by atoms with van der Waals surface area (Å²) in [6.45, 7) is 0.515. The topological polar surface area (TPSA) is 98.2 Å². The number of pyridine rings is 1. The zero-order valence-electron chi connectivity index (χ0n) is 14.6. The lowest BCUT2D eigenvalue weighted by Crippen LogP contribution is -2.31. The molecule has 0 saturated carbocycles. The molecule has 3 N–H and O–H groups in total. The number of sulfone groups is 1. The van der Waals surface area contributed by atoms with E-state index in [2.05, 4.69) is 26.2 Å². The number of hydrogen-bond acceptors (Lipinski definition) is 7. The number of aromatic nitrogens is 1. The molecule has 0 radical (unpaired) electrons. The number of nitrogens with zero attached hydrogens (tertiary/aromatic N) is 1. The highest BCUT2D eigenvalue weighted by Gasteiger charge is 2.19. The maximum absolute atomic E-state index is 11.4. The molecule has 0 amide bonds. The quantitative estimate of drug-likeness (QED) is 0.414. The van der Waals surface area contributed by atoms with Gasteiger partial charge in [0.15, 0.2) is 0 Å². The summed E-state index contributed by atoms with van der Waals surface area (Å²) in [6.07, 6.45) is 3.24. The van der Waals surface area contributed by atoms with Crippen molar-refractivity contribution in [1.82, 2.24) is 4.98 Å². The molecule has 3 aromatic rings. The highest BCUT2D eigenvalue weighted by atomic mass is 79.9. The third-order valence-corrected chi connectivity index (χ3v) is 7.20. The number of anilines is 1. The van der Waals surface area contributed by atoms with E-state index in [-0.39, 0.29) is 30.6 Å². The number of halogens is 4. The van der Waals surface area contributed by atoms with Crippen LogP contribution in [0.4, 0.5) is 5.69 Å². The fourth-order valence-electron chi connectivity index (χ4n) is 2.60. The summed E-state index contributed by atoms with van der Waals surface area (Å²) in [5.74, 6) is 0.739. The van der Waals surface area contributed by atoms with Crippen molar-refractivity contribution in [2.24, 2.45) is 5.73 Å². The van der Waals surface area contributed by atoms with Crippen molar-refractivity contribution in [3.8, 4) is 0 Å². The van der Waals surface area contributed by atoms with Crippen LogP contribution in [0.5, 0.6) is 0 Å². The van der Waals surface area contributed by atoms with Crippen molar-refractivity contribution >= 4 is 89.4 Å². The Morgan fingerprint density at radius 2 is 2.14 bits per heavy atom. The summed E-state index contributed by atoms with van der Waals surface area (Å²) >= 11 is 11.2. The van der Waals surface area contributed by atoms with Gasteiger partial charge in [-0.05, 0) is 34.5 Å². The predicted molar refractivity (Wildman–Crippen MR) is 124 cm³/mol. The molecule has 3 heterocycles. The number of thiophene rings is 1. The van der Waals surface area contributed by atoms with Crippen molar-refractivity contribution in [1.29, 1.82) is 0 Å². The summed E-state index contributed by atoms with van der Waals surface area (Å²) < 4.78 is 30.0. The van der Waals surface area contributed by atoms with E-state index in [1.54, 1.807) is 12.3 Å². The highest BCUT2D eigenvalue weighted by molar-refractivity contribution is 9.10. The molecule has 0 aromatic carbocycles. The molecule has 1 atom stereocenters. The minimum Gasteiger partial charge on any atom is -0.467 e. The van der Waals surface area contributed by atoms with Gasteiger partial charge in [0.2, 0.25) is 0 Å². The van der Waals surface area contributed by atoms with E-state index in [4.69, 9.17) is 21.8 Å². The molecule has 3 aromatic heterocycles. The van der Waals surface area contributed by atoms with E-state index in [0.717, 1.165) is 31.0 Å². The van der Waals surface area contributed by atoms with E-state index in [1.165, 1.54) is 17.6 Å². The Balaban J connectivity index is 0.00000196. The molecule has 156 valence electrons. The van der Waals surface area contributed by atoms with Gasteiger partial charge in [0.25, 0.3) is 0 Å². The fraction of sp³-hybridized carbons (Fsp3) is 0.312. The lowest BCUT2D eigenvalue weighted by atomic mass is 10.2. The van der Waals surface area contributed by atoms with Crippen LogP contribution in [-0.2, 0) is 22.8 Å². The van der Waals surface area contributed by atoms with Crippen LogP contribution in [0.1, 0.15) is 10.6 Å². The van der Waals surface area contributed by atoms with Gasteiger partial charge in [0.05, 0.1) is 38.9 Å². The normalized spacial score (nSPS) is 12.3. The summed E-state index contributed by atoms with van der Waals surface area (Å²) in [7, 11) is -3.13. The van der Waals surface area contributed by atoms with E-state index in [9.17, 15) is 8.42 Å². The smallest absolute Gasteiger partial charge is 0.148 e. The first-order valence-electron chi connectivity index (χ1n) is 7.70.